The lowest BCUT2D eigenvalue weighted by Gasteiger charge is -2.40. The molecule has 1 aliphatic rings. The molecule has 2 rings (SSSR count). The van der Waals surface area contributed by atoms with Crippen molar-refractivity contribution in [3.05, 3.63) is 34.6 Å². The standard InChI is InChI=1S/C12H13ClFNO2/c13-9-6-8(2-3-10(9)14)11(17)15-12(7-16)4-1-5-12/h2-3,6,16H,1,4-5,7H2,(H,15,17). The number of carbonyl (C=O) groups excluding carboxylic acids is 1. The summed E-state index contributed by atoms with van der Waals surface area (Å²) in [5, 5.41) is 11.9. The van der Waals surface area contributed by atoms with Crippen LogP contribution in [0.2, 0.25) is 5.02 Å². The van der Waals surface area contributed by atoms with Gasteiger partial charge in [-0.15, -0.1) is 0 Å². The largest absolute Gasteiger partial charge is 0.394 e. The summed E-state index contributed by atoms with van der Waals surface area (Å²) in [7, 11) is 0. The predicted octanol–water partition coefficient (Wildman–Crippen LogP) is 2.12. The number of amides is 1. The fourth-order valence-electron chi connectivity index (χ4n) is 1.88. The maximum absolute atomic E-state index is 12.9. The Balaban J connectivity index is 2.11. The van der Waals surface area contributed by atoms with Crippen LogP contribution in [0, 0.1) is 5.82 Å². The van der Waals surface area contributed by atoms with Crippen LogP contribution in [0.3, 0.4) is 0 Å². The lowest BCUT2D eigenvalue weighted by atomic mass is 9.77. The molecule has 0 spiro atoms. The number of aliphatic hydroxyl groups is 1. The van der Waals surface area contributed by atoms with Gasteiger partial charge in [0.05, 0.1) is 17.2 Å². The quantitative estimate of drug-likeness (QED) is 0.872. The minimum atomic E-state index is -0.552. The molecule has 1 aromatic rings. The molecule has 0 atom stereocenters. The second kappa shape index (κ2) is 4.63. The average Bonchev–Trinajstić information content (AvgIpc) is 2.27. The number of hydrogen-bond acceptors (Lipinski definition) is 2. The molecular weight excluding hydrogens is 245 g/mol. The molecule has 1 aromatic carbocycles. The van der Waals surface area contributed by atoms with E-state index in [1.165, 1.54) is 12.1 Å². The maximum atomic E-state index is 12.9. The highest BCUT2D eigenvalue weighted by Crippen LogP contribution is 2.31. The Bertz CT molecular complexity index is 441. The van der Waals surface area contributed by atoms with Crippen LogP contribution < -0.4 is 5.32 Å². The maximum Gasteiger partial charge on any atom is 0.251 e. The molecule has 0 radical (unpaired) electrons. The zero-order chi connectivity index (χ0) is 12.5. The normalized spacial score (nSPS) is 17.4. The lowest BCUT2D eigenvalue weighted by Crippen LogP contribution is -2.56. The Morgan fingerprint density at radius 1 is 1.53 bits per heavy atom. The highest BCUT2D eigenvalue weighted by molar-refractivity contribution is 6.31. The summed E-state index contributed by atoms with van der Waals surface area (Å²) in [6, 6.07) is 3.82. The van der Waals surface area contributed by atoms with E-state index in [0.717, 1.165) is 25.3 Å². The van der Waals surface area contributed by atoms with Crippen molar-refractivity contribution in [3.63, 3.8) is 0 Å². The van der Waals surface area contributed by atoms with Crippen molar-refractivity contribution >= 4 is 17.5 Å². The van der Waals surface area contributed by atoms with Gasteiger partial charge in [0.2, 0.25) is 0 Å². The Hall–Kier alpha value is -1.13. The summed E-state index contributed by atoms with van der Waals surface area (Å²) in [6.07, 6.45) is 2.53. The Labute approximate surface area is 104 Å². The van der Waals surface area contributed by atoms with E-state index < -0.39 is 11.4 Å². The summed E-state index contributed by atoms with van der Waals surface area (Å²) in [5.74, 6) is -0.885. The zero-order valence-electron chi connectivity index (χ0n) is 9.17. The summed E-state index contributed by atoms with van der Waals surface area (Å²) < 4.78 is 12.9. The van der Waals surface area contributed by atoms with Gasteiger partial charge in [0.25, 0.3) is 5.91 Å². The third kappa shape index (κ3) is 2.42. The van der Waals surface area contributed by atoms with Crippen molar-refractivity contribution in [3.8, 4) is 0 Å². The summed E-state index contributed by atoms with van der Waals surface area (Å²) >= 11 is 5.61. The number of halogens is 2. The molecule has 17 heavy (non-hydrogen) atoms. The van der Waals surface area contributed by atoms with Gasteiger partial charge in [-0.25, -0.2) is 4.39 Å². The van der Waals surface area contributed by atoms with Gasteiger partial charge in [0.15, 0.2) is 0 Å². The number of carbonyl (C=O) groups is 1. The monoisotopic (exact) mass is 257 g/mol. The first-order valence-electron chi connectivity index (χ1n) is 5.45. The van der Waals surface area contributed by atoms with Crippen molar-refractivity contribution in [2.45, 2.75) is 24.8 Å². The van der Waals surface area contributed by atoms with Gasteiger partial charge >= 0.3 is 0 Å². The molecule has 0 unspecified atom stereocenters. The molecule has 1 saturated carbocycles. The molecule has 0 aromatic heterocycles. The van der Waals surface area contributed by atoms with Crippen LogP contribution in [0.5, 0.6) is 0 Å². The first-order valence-corrected chi connectivity index (χ1v) is 5.82. The van der Waals surface area contributed by atoms with Gasteiger partial charge in [-0.2, -0.15) is 0 Å². The van der Waals surface area contributed by atoms with Crippen molar-refractivity contribution < 1.29 is 14.3 Å². The predicted molar refractivity (Wildman–Crippen MR) is 62.5 cm³/mol. The number of rotatable bonds is 3. The van der Waals surface area contributed by atoms with Gasteiger partial charge in [0.1, 0.15) is 5.82 Å². The lowest BCUT2D eigenvalue weighted by molar-refractivity contribution is 0.0641. The van der Waals surface area contributed by atoms with Crippen molar-refractivity contribution in [1.82, 2.24) is 5.32 Å². The molecule has 1 amide bonds. The topological polar surface area (TPSA) is 49.3 Å². The Morgan fingerprint density at radius 3 is 2.71 bits per heavy atom. The Morgan fingerprint density at radius 2 is 2.24 bits per heavy atom. The molecule has 5 heteroatoms. The third-order valence-corrected chi connectivity index (χ3v) is 3.46. The molecular formula is C12H13ClFNO2. The van der Waals surface area contributed by atoms with Gasteiger partial charge in [0, 0.05) is 5.56 Å². The van der Waals surface area contributed by atoms with Crippen LogP contribution in [0.15, 0.2) is 18.2 Å². The van der Waals surface area contributed by atoms with Crippen molar-refractivity contribution in [1.29, 1.82) is 0 Å². The summed E-state index contributed by atoms with van der Waals surface area (Å²) in [4.78, 5) is 11.9. The first-order chi connectivity index (χ1) is 8.06. The van der Waals surface area contributed by atoms with Gasteiger partial charge in [-0.05, 0) is 37.5 Å². The van der Waals surface area contributed by atoms with Crippen molar-refractivity contribution in [2.24, 2.45) is 0 Å². The van der Waals surface area contributed by atoms with Crippen LogP contribution in [0.4, 0.5) is 4.39 Å². The van der Waals surface area contributed by atoms with Crippen LogP contribution in [-0.2, 0) is 0 Å². The first kappa shape index (κ1) is 12.3. The molecule has 0 bridgehead atoms. The highest BCUT2D eigenvalue weighted by atomic mass is 35.5. The van der Waals surface area contributed by atoms with Crippen LogP contribution in [0.25, 0.3) is 0 Å². The van der Waals surface area contributed by atoms with E-state index in [9.17, 15) is 14.3 Å². The number of hydrogen-bond donors (Lipinski definition) is 2. The SMILES string of the molecule is O=C(NC1(CO)CCC1)c1ccc(F)c(Cl)c1. The van der Waals surface area contributed by atoms with Crippen molar-refractivity contribution in [2.75, 3.05) is 6.61 Å². The van der Waals surface area contributed by atoms with Gasteiger partial charge < -0.3 is 10.4 Å². The molecule has 0 saturated heterocycles. The van der Waals surface area contributed by atoms with Crippen LogP contribution in [-0.4, -0.2) is 23.2 Å². The van der Waals surface area contributed by atoms with E-state index >= 15 is 0 Å². The van der Waals surface area contributed by atoms with E-state index in [4.69, 9.17) is 11.6 Å². The van der Waals surface area contributed by atoms with E-state index in [0.29, 0.717) is 5.56 Å². The average molecular weight is 258 g/mol. The molecule has 3 nitrogen and oxygen atoms in total. The fraction of sp³-hybridized carbons (Fsp3) is 0.417. The molecule has 92 valence electrons. The zero-order valence-corrected chi connectivity index (χ0v) is 9.93. The molecule has 2 N–H and O–H groups in total. The molecule has 1 fully saturated rings. The molecule has 0 heterocycles. The minimum Gasteiger partial charge on any atom is -0.394 e. The van der Waals surface area contributed by atoms with Crippen LogP contribution in [0.1, 0.15) is 29.6 Å². The van der Waals surface area contributed by atoms with Gasteiger partial charge in [-0.3, -0.25) is 4.79 Å². The smallest absolute Gasteiger partial charge is 0.251 e. The molecule has 0 aliphatic heterocycles. The number of benzene rings is 1. The Kier molecular flexibility index (Phi) is 3.35. The number of aliphatic hydroxyl groups excluding tert-OH is 1. The minimum absolute atomic E-state index is 0.0757. The van der Waals surface area contributed by atoms with Gasteiger partial charge in [-0.1, -0.05) is 11.6 Å². The third-order valence-electron chi connectivity index (χ3n) is 3.17. The second-order valence-corrected chi connectivity index (χ2v) is 4.78. The van der Waals surface area contributed by atoms with E-state index in [-0.39, 0.29) is 17.5 Å². The van der Waals surface area contributed by atoms with E-state index in [1.54, 1.807) is 0 Å². The fourth-order valence-corrected chi connectivity index (χ4v) is 2.06. The van der Waals surface area contributed by atoms with Crippen LogP contribution >= 0.6 is 11.6 Å². The molecule has 1 aliphatic carbocycles. The number of nitrogens with one attached hydrogen (secondary N) is 1. The highest BCUT2D eigenvalue weighted by Gasteiger charge is 2.37. The van der Waals surface area contributed by atoms with E-state index in [1.807, 2.05) is 0 Å². The summed E-state index contributed by atoms with van der Waals surface area (Å²) in [6.45, 7) is -0.0757. The summed E-state index contributed by atoms with van der Waals surface area (Å²) in [5.41, 5.74) is -0.200. The van der Waals surface area contributed by atoms with E-state index in [2.05, 4.69) is 5.32 Å². The second-order valence-electron chi connectivity index (χ2n) is 4.38.